The largest absolute Gasteiger partial charge is 0.322 e. The highest BCUT2D eigenvalue weighted by molar-refractivity contribution is 6.32. The van der Waals surface area contributed by atoms with E-state index in [4.69, 9.17) is 11.6 Å². The Balaban J connectivity index is 1.93. The predicted molar refractivity (Wildman–Crippen MR) is 83.7 cm³/mol. The van der Waals surface area contributed by atoms with E-state index in [1.807, 2.05) is 35.2 Å². The maximum Gasteiger partial charge on any atom is 0.321 e. The van der Waals surface area contributed by atoms with Gasteiger partial charge in [0.05, 0.1) is 0 Å². The van der Waals surface area contributed by atoms with Crippen molar-refractivity contribution in [3.05, 3.63) is 41.1 Å². The molecule has 0 aliphatic carbocycles. The minimum absolute atomic E-state index is 0.0140. The Bertz CT molecular complexity index is 487. The molecular formula is C16H21ClN2O. The first-order chi connectivity index (χ1) is 9.72. The normalized spacial score (nSPS) is 19.3. The number of likely N-dealkylation sites (tertiary alicyclic amines) is 1. The van der Waals surface area contributed by atoms with Crippen molar-refractivity contribution in [2.45, 2.75) is 38.6 Å². The molecule has 1 aliphatic heterocycles. The lowest BCUT2D eigenvalue weighted by Crippen LogP contribution is -2.47. The third kappa shape index (κ3) is 3.76. The molecule has 0 aromatic heterocycles. The summed E-state index contributed by atoms with van der Waals surface area (Å²) < 4.78 is 0. The first kappa shape index (κ1) is 14.9. The molecule has 1 atom stereocenters. The number of urea groups is 1. The van der Waals surface area contributed by atoms with E-state index in [0.29, 0.717) is 11.1 Å². The van der Waals surface area contributed by atoms with E-state index in [2.05, 4.69) is 12.2 Å². The fraction of sp³-hybridized carbons (Fsp3) is 0.438. The summed E-state index contributed by atoms with van der Waals surface area (Å²) >= 11 is 6.06. The Labute approximate surface area is 125 Å². The van der Waals surface area contributed by atoms with E-state index in [1.54, 1.807) is 6.20 Å². The number of benzene rings is 1. The average Bonchev–Trinajstić information content (AvgIpc) is 2.49. The summed E-state index contributed by atoms with van der Waals surface area (Å²) in [5, 5.41) is 3.52. The highest BCUT2D eigenvalue weighted by Crippen LogP contribution is 2.19. The van der Waals surface area contributed by atoms with Crippen LogP contribution in [0.4, 0.5) is 4.79 Å². The van der Waals surface area contributed by atoms with Crippen LogP contribution in [0.1, 0.15) is 38.2 Å². The van der Waals surface area contributed by atoms with Gasteiger partial charge in [-0.1, -0.05) is 36.7 Å². The summed E-state index contributed by atoms with van der Waals surface area (Å²) in [6, 6.07) is 7.92. The quantitative estimate of drug-likeness (QED) is 0.886. The van der Waals surface area contributed by atoms with Crippen LogP contribution < -0.4 is 5.32 Å². The highest BCUT2D eigenvalue weighted by Gasteiger charge is 2.24. The molecule has 20 heavy (non-hydrogen) atoms. The van der Waals surface area contributed by atoms with E-state index in [0.717, 1.165) is 31.4 Å². The molecule has 1 aromatic rings. The van der Waals surface area contributed by atoms with Crippen molar-refractivity contribution in [1.82, 2.24) is 10.2 Å². The third-order valence-corrected chi connectivity index (χ3v) is 4.08. The highest BCUT2D eigenvalue weighted by atomic mass is 35.5. The first-order valence-electron chi connectivity index (χ1n) is 7.20. The van der Waals surface area contributed by atoms with Gasteiger partial charge < -0.3 is 10.2 Å². The van der Waals surface area contributed by atoms with Crippen molar-refractivity contribution in [2.24, 2.45) is 0 Å². The summed E-state index contributed by atoms with van der Waals surface area (Å²) in [6.07, 6.45) is 7.94. The maximum absolute atomic E-state index is 12.2. The Morgan fingerprint density at radius 3 is 3.00 bits per heavy atom. The van der Waals surface area contributed by atoms with E-state index in [-0.39, 0.29) is 6.03 Å². The van der Waals surface area contributed by atoms with E-state index in [9.17, 15) is 4.79 Å². The van der Waals surface area contributed by atoms with Crippen LogP contribution >= 0.6 is 11.6 Å². The number of piperidine rings is 1. The van der Waals surface area contributed by atoms with Crippen molar-refractivity contribution >= 4 is 23.7 Å². The van der Waals surface area contributed by atoms with Crippen molar-refractivity contribution in [2.75, 3.05) is 6.54 Å². The molecule has 0 bridgehead atoms. The number of hydrogen-bond acceptors (Lipinski definition) is 1. The van der Waals surface area contributed by atoms with Gasteiger partial charge in [-0.2, -0.15) is 0 Å². The molecule has 0 saturated carbocycles. The number of halogens is 1. The Morgan fingerprint density at radius 2 is 2.25 bits per heavy atom. The lowest BCUT2D eigenvalue weighted by Gasteiger charge is -2.34. The minimum Gasteiger partial charge on any atom is -0.322 e. The fourth-order valence-electron chi connectivity index (χ4n) is 2.59. The monoisotopic (exact) mass is 292 g/mol. The summed E-state index contributed by atoms with van der Waals surface area (Å²) in [7, 11) is 0. The summed E-state index contributed by atoms with van der Waals surface area (Å²) in [6.45, 7) is 2.99. The van der Waals surface area contributed by atoms with Gasteiger partial charge in [0.1, 0.15) is 0 Å². The average molecular weight is 293 g/mol. The van der Waals surface area contributed by atoms with Crippen LogP contribution in [0.5, 0.6) is 0 Å². The number of rotatable bonds is 3. The fourth-order valence-corrected chi connectivity index (χ4v) is 2.79. The smallest absolute Gasteiger partial charge is 0.321 e. The molecule has 1 aromatic carbocycles. The Hall–Kier alpha value is -1.48. The molecule has 1 unspecified atom stereocenters. The molecule has 1 fully saturated rings. The lowest BCUT2D eigenvalue weighted by atomic mass is 10.0. The zero-order chi connectivity index (χ0) is 14.4. The Morgan fingerprint density at radius 1 is 1.45 bits per heavy atom. The second-order valence-corrected chi connectivity index (χ2v) is 5.46. The summed E-state index contributed by atoms with van der Waals surface area (Å²) in [5.74, 6) is 0. The van der Waals surface area contributed by atoms with Crippen LogP contribution in [0.25, 0.3) is 6.08 Å². The van der Waals surface area contributed by atoms with Gasteiger partial charge in [0.2, 0.25) is 0 Å². The van der Waals surface area contributed by atoms with Crippen LogP contribution in [-0.2, 0) is 0 Å². The van der Waals surface area contributed by atoms with Crippen LogP contribution in [-0.4, -0.2) is 23.5 Å². The van der Waals surface area contributed by atoms with Gasteiger partial charge in [0, 0.05) is 23.8 Å². The number of nitrogens with one attached hydrogen (secondary N) is 1. The molecule has 0 spiro atoms. The van der Waals surface area contributed by atoms with E-state index < -0.39 is 0 Å². The molecule has 1 heterocycles. The van der Waals surface area contributed by atoms with Gasteiger partial charge in [0.15, 0.2) is 0 Å². The van der Waals surface area contributed by atoms with E-state index in [1.165, 1.54) is 6.42 Å². The minimum atomic E-state index is -0.0140. The molecule has 4 heteroatoms. The summed E-state index contributed by atoms with van der Waals surface area (Å²) in [4.78, 5) is 14.1. The number of amides is 2. The van der Waals surface area contributed by atoms with Gasteiger partial charge in [-0.25, -0.2) is 4.79 Å². The molecule has 2 amide bonds. The molecule has 2 rings (SSSR count). The van der Waals surface area contributed by atoms with Gasteiger partial charge in [-0.3, -0.25) is 0 Å². The van der Waals surface area contributed by atoms with Crippen molar-refractivity contribution in [3.8, 4) is 0 Å². The lowest BCUT2D eigenvalue weighted by molar-refractivity contribution is 0.152. The van der Waals surface area contributed by atoms with Crippen LogP contribution in [0.15, 0.2) is 30.5 Å². The summed E-state index contributed by atoms with van der Waals surface area (Å²) in [5.41, 5.74) is 0.903. The molecule has 1 aliphatic rings. The second-order valence-electron chi connectivity index (χ2n) is 5.06. The molecule has 0 radical (unpaired) electrons. The van der Waals surface area contributed by atoms with Crippen LogP contribution in [0, 0.1) is 0 Å². The molecule has 1 N–H and O–H groups in total. The molecular weight excluding hydrogens is 272 g/mol. The van der Waals surface area contributed by atoms with Gasteiger partial charge >= 0.3 is 6.03 Å². The second kappa shape index (κ2) is 7.34. The number of nitrogens with zero attached hydrogens (tertiary/aromatic N) is 1. The molecule has 3 nitrogen and oxygen atoms in total. The van der Waals surface area contributed by atoms with Gasteiger partial charge in [-0.05, 0) is 43.4 Å². The maximum atomic E-state index is 12.2. The van der Waals surface area contributed by atoms with E-state index >= 15 is 0 Å². The van der Waals surface area contributed by atoms with Gasteiger partial charge in [0.25, 0.3) is 0 Å². The SMILES string of the molecule is CCC1CCCCN1C(=O)N/C=C/c1ccccc1Cl. The topological polar surface area (TPSA) is 32.3 Å². The predicted octanol–water partition coefficient (Wildman–Crippen LogP) is 4.28. The standard InChI is InChI=1S/C16H21ClN2O/c1-2-14-8-5-6-12-19(14)16(20)18-11-10-13-7-3-4-9-15(13)17/h3-4,7,9-11,14H,2,5-6,8,12H2,1H3,(H,18,20)/b11-10+. The molecule has 1 saturated heterocycles. The van der Waals surface area contributed by atoms with Crippen molar-refractivity contribution < 1.29 is 4.79 Å². The number of carbonyl (C=O) groups excluding carboxylic acids is 1. The van der Waals surface area contributed by atoms with Crippen LogP contribution in [0.3, 0.4) is 0 Å². The third-order valence-electron chi connectivity index (χ3n) is 3.73. The first-order valence-corrected chi connectivity index (χ1v) is 7.58. The number of carbonyl (C=O) groups is 1. The molecule has 108 valence electrons. The number of hydrogen-bond donors (Lipinski definition) is 1. The van der Waals surface area contributed by atoms with Crippen molar-refractivity contribution in [3.63, 3.8) is 0 Å². The Kier molecular flexibility index (Phi) is 5.48. The van der Waals surface area contributed by atoms with Crippen LogP contribution in [0.2, 0.25) is 5.02 Å². The van der Waals surface area contributed by atoms with Crippen molar-refractivity contribution in [1.29, 1.82) is 0 Å². The zero-order valence-corrected chi connectivity index (χ0v) is 12.6. The van der Waals surface area contributed by atoms with Gasteiger partial charge in [-0.15, -0.1) is 0 Å². The zero-order valence-electron chi connectivity index (χ0n) is 11.8.